The van der Waals surface area contributed by atoms with E-state index < -0.39 is 0 Å². The van der Waals surface area contributed by atoms with Crippen molar-refractivity contribution in [2.45, 2.75) is 32.8 Å². The molecular weight excluding hydrogens is 332 g/mol. The molecule has 4 nitrogen and oxygen atoms in total. The van der Waals surface area contributed by atoms with Crippen molar-refractivity contribution < 1.29 is 9.53 Å². The van der Waals surface area contributed by atoms with Gasteiger partial charge < -0.3 is 9.64 Å². The molecule has 2 fully saturated rings. The number of hydrogen-bond donors (Lipinski definition) is 0. The average molecular weight is 356 g/mol. The molecule has 1 aliphatic heterocycles. The molecule has 2 aliphatic rings. The van der Waals surface area contributed by atoms with Crippen LogP contribution in [0.4, 0.5) is 0 Å². The Bertz CT molecular complexity index is 746. The smallest absolute Gasteiger partial charge is 0.254 e. The Morgan fingerprint density at radius 2 is 2.40 bits per heavy atom. The van der Waals surface area contributed by atoms with E-state index in [1.165, 1.54) is 12.8 Å². The first-order valence-corrected chi connectivity index (χ1v) is 9.90. The highest BCUT2D eigenvalue weighted by Gasteiger charge is 2.50. The molecule has 2 atom stereocenters. The summed E-state index contributed by atoms with van der Waals surface area (Å²) >= 11 is 1.58. The van der Waals surface area contributed by atoms with E-state index in [9.17, 15) is 4.79 Å². The highest BCUT2D eigenvalue weighted by atomic mass is 32.1. The lowest BCUT2D eigenvalue weighted by molar-refractivity contribution is 0.0264. The molecule has 0 unspecified atom stereocenters. The van der Waals surface area contributed by atoms with Crippen molar-refractivity contribution in [1.29, 1.82) is 0 Å². The summed E-state index contributed by atoms with van der Waals surface area (Å²) < 4.78 is 6.11. The van der Waals surface area contributed by atoms with E-state index in [4.69, 9.17) is 4.74 Å². The first kappa shape index (κ1) is 16.7. The molecule has 0 N–H and O–H groups in total. The van der Waals surface area contributed by atoms with Crippen molar-refractivity contribution in [1.82, 2.24) is 9.88 Å². The van der Waals surface area contributed by atoms with Gasteiger partial charge in [0.2, 0.25) is 0 Å². The number of carbonyl (C=O) groups is 1. The second kappa shape index (κ2) is 6.89. The van der Waals surface area contributed by atoms with Crippen molar-refractivity contribution in [3.8, 4) is 0 Å². The summed E-state index contributed by atoms with van der Waals surface area (Å²) in [5.41, 5.74) is 3.25. The van der Waals surface area contributed by atoms with E-state index in [2.05, 4.69) is 11.1 Å². The largest absolute Gasteiger partial charge is 0.376 e. The Balaban J connectivity index is 1.40. The minimum absolute atomic E-state index is 0.142. The highest BCUT2D eigenvalue weighted by Crippen LogP contribution is 2.49. The lowest BCUT2D eigenvalue weighted by Crippen LogP contribution is -2.34. The van der Waals surface area contributed by atoms with Gasteiger partial charge in [0.25, 0.3) is 5.91 Å². The normalized spacial score (nSPS) is 25.3. The number of nitrogens with zero attached hydrogens (tertiary/aromatic N) is 2. The number of likely N-dealkylation sites (tertiary alicyclic amines) is 1. The monoisotopic (exact) mass is 356 g/mol. The standard InChI is InChI=1S/C20H24N2O2S/c1-15-7-16(9-21-8-15)11-24-14-20-5-2-3-18(20)10-22(13-20)19(23)17-4-6-25-12-17/h4,6-9,12,18H,2-3,5,10-11,13-14H2,1H3/t18-,20+/m0/s1. The summed E-state index contributed by atoms with van der Waals surface area (Å²) in [7, 11) is 0. The van der Waals surface area contributed by atoms with E-state index in [0.717, 1.165) is 42.8 Å². The number of thiophene rings is 1. The molecule has 1 saturated carbocycles. The molecule has 25 heavy (non-hydrogen) atoms. The van der Waals surface area contributed by atoms with E-state index >= 15 is 0 Å². The molecular formula is C20H24N2O2S. The van der Waals surface area contributed by atoms with E-state index in [1.54, 1.807) is 11.3 Å². The summed E-state index contributed by atoms with van der Waals surface area (Å²) in [5, 5.41) is 3.92. The Labute approximate surface area is 152 Å². The van der Waals surface area contributed by atoms with Crippen LogP contribution in [0.1, 0.15) is 40.7 Å². The highest BCUT2D eigenvalue weighted by molar-refractivity contribution is 7.08. The first-order chi connectivity index (χ1) is 12.2. The maximum atomic E-state index is 12.7. The number of amides is 1. The zero-order valence-corrected chi connectivity index (χ0v) is 15.4. The second-order valence-corrected chi connectivity index (χ2v) is 8.29. The molecule has 4 rings (SSSR count). The van der Waals surface area contributed by atoms with E-state index in [1.807, 2.05) is 41.0 Å². The minimum Gasteiger partial charge on any atom is -0.376 e. The average Bonchev–Trinajstić information content (AvgIpc) is 3.30. The molecule has 2 aromatic heterocycles. The van der Waals surface area contributed by atoms with E-state index in [0.29, 0.717) is 12.5 Å². The van der Waals surface area contributed by atoms with Gasteiger partial charge in [0.05, 0.1) is 18.8 Å². The van der Waals surface area contributed by atoms with Gasteiger partial charge in [-0.1, -0.05) is 12.5 Å². The van der Waals surface area contributed by atoms with Gasteiger partial charge in [-0.25, -0.2) is 0 Å². The van der Waals surface area contributed by atoms with Crippen LogP contribution in [0, 0.1) is 18.3 Å². The summed E-state index contributed by atoms with van der Waals surface area (Å²) in [6.45, 7) is 5.09. The van der Waals surface area contributed by atoms with Crippen molar-refractivity contribution >= 4 is 17.2 Å². The third-order valence-corrected chi connectivity index (χ3v) is 6.37. The number of aromatic nitrogens is 1. The van der Waals surface area contributed by atoms with Gasteiger partial charge in [-0.05, 0) is 48.3 Å². The van der Waals surface area contributed by atoms with Crippen molar-refractivity contribution in [2.75, 3.05) is 19.7 Å². The molecule has 3 heterocycles. The topological polar surface area (TPSA) is 42.4 Å². The Hall–Kier alpha value is -1.72. The van der Waals surface area contributed by atoms with Gasteiger partial charge in [-0.3, -0.25) is 9.78 Å². The first-order valence-electron chi connectivity index (χ1n) is 8.96. The van der Waals surface area contributed by atoms with Gasteiger partial charge in [0.1, 0.15) is 0 Å². The van der Waals surface area contributed by atoms with Gasteiger partial charge in [-0.15, -0.1) is 0 Å². The lowest BCUT2D eigenvalue weighted by Gasteiger charge is -2.28. The third kappa shape index (κ3) is 3.35. The molecule has 5 heteroatoms. The van der Waals surface area contributed by atoms with Gasteiger partial charge in [-0.2, -0.15) is 11.3 Å². The van der Waals surface area contributed by atoms with Gasteiger partial charge in [0.15, 0.2) is 0 Å². The van der Waals surface area contributed by atoms with Crippen LogP contribution in [0.25, 0.3) is 0 Å². The van der Waals surface area contributed by atoms with Crippen LogP contribution in [0.2, 0.25) is 0 Å². The number of hydrogen-bond acceptors (Lipinski definition) is 4. The minimum atomic E-state index is 0.142. The molecule has 1 aliphatic carbocycles. The molecule has 132 valence electrons. The Kier molecular flexibility index (Phi) is 4.61. The SMILES string of the molecule is Cc1cncc(COC[C@]23CCC[C@H]2CN(C(=O)c2ccsc2)C3)c1. The molecule has 0 spiro atoms. The van der Waals surface area contributed by atoms with E-state index in [-0.39, 0.29) is 11.3 Å². The van der Waals surface area contributed by atoms with Crippen LogP contribution in [-0.2, 0) is 11.3 Å². The van der Waals surface area contributed by atoms with Crippen LogP contribution in [-0.4, -0.2) is 35.5 Å². The maximum absolute atomic E-state index is 12.7. The molecule has 2 aromatic rings. The summed E-state index contributed by atoms with van der Waals surface area (Å²) in [4.78, 5) is 19.0. The zero-order chi connectivity index (χ0) is 17.3. The summed E-state index contributed by atoms with van der Waals surface area (Å²) in [6, 6.07) is 4.05. The molecule has 0 bridgehead atoms. The van der Waals surface area contributed by atoms with Crippen LogP contribution in [0.3, 0.4) is 0 Å². The number of aryl methyl sites for hydroxylation is 1. The number of carbonyl (C=O) groups excluding carboxylic acids is 1. The van der Waals surface area contributed by atoms with Crippen LogP contribution < -0.4 is 0 Å². The third-order valence-electron chi connectivity index (χ3n) is 5.68. The van der Waals surface area contributed by atoms with Crippen LogP contribution in [0.5, 0.6) is 0 Å². The Morgan fingerprint density at radius 3 is 3.20 bits per heavy atom. The fraction of sp³-hybridized carbons (Fsp3) is 0.500. The number of pyridine rings is 1. The quantitative estimate of drug-likeness (QED) is 0.816. The van der Waals surface area contributed by atoms with Crippen LogP contribution in [0.15, 0.2) is 35.3 Å². The fourth-order valence-electron chi connectivity index (χ4n) is 4.44. The van der Waals surface area contributed by atoms with Gasteiger partial charge in [0, 0.05) is 36.3 Å². The fourth-order valence-corrected chi connectivity index (χ4v) is 5.07. The summed E-state index contributed by atoms with van der Waals surface area (Å²) in [5.74, 6) is 0.753. The molecule has 1 amide bonds. The molecule has 0 aromatic carbocycles. The molecule has 0 radical (unpaired) electrons. The predicted molar refractivity (Wildman–Crippen MR) is 98.6 cm³/mol. The van der Waals surface area contributed by atoms with Crippen LogP contribution >= 0.6 is 11.3 Å². The Morgan fingerprint density at radius 1 is 1.48 bits per heavy atom. The number of rotatable bonds is 5. The van der Waals surface area contributed by atoms with Crippen molar-refractivity contribution in [2.24, 2.45) is 11.3 Å². The zero-order valence-electron chi connectivity index (χ0n) is 14.6. The maximum Gasteiger partial charge on any atom is 0.254 e. The van der Waals surface area contributed by atoms with Gasteiger partial charge >= 0.3 is 0 Å². The number of ether oxygens (including phenoxy) is 1. The predicted octanol–water partition coefficient (Wildman–Crippen LogP) is 3.91. The number of fused-ring (bicyclic) bond motifs is 1. The molecule has 1 saturated heterocycles. The van der Waals surface area contributed by atoms with Crippen molar-refractivity contribution in [3.63, 3.8) is 0 Å². The summed E-state index contributed by atoms with van der Waals surface area (Å²) in [6.07, 6.45) is 7.36. The lowest BCUT2D eigenvalue weighted by atomic mass is 9.81. The second-order valence-electron chi connectivity index (χ2n) is 7.51. The van der Waals surface area contributed by atoms with Crippen molar-refractivity contribution in [3.05, 3.63) is 52.0 Å².